The molecule has 0 aliphatic heterocycles. The fraction of sp³-hybridized carbons (Fsp3) is 0.167. The molecule has 9 heteroatoms. The summed E-state index contributed by atoms with van der Waals surface area (Å²) < 4.78 is 40.9. The van der Waals surface area contributed by atoms with Crippen LogP contribution in [0.1, 0.15) is 12.5 Å². The SMILES string of the molecule is C[C@@H](C#N)Sc1nnc(-c2ccccc2Cl)n1-c1cccc(C(F)(F)F)c1. The van der Waals surface area contributed by atoms with Crippen LogP contribution in [0.15, 0.2) is 53.7 Å². The van der Waals surface area contributed by atoms with Crippen molar-refractivity contribution >= 4 is 23.4 Å². The first kappa shape index (κ1) is 19.3. The molecule has 0 fully saturated rings. The molecule has 3 aromatic rings. The van der Waals surface area contributed by atoms with Gasteiger partial charge in [-0.3, -0.25) is 4.57 Å². The molecule has 138 valence electrons. The number of nitrogens with zero attached hydrogens (tertiary/aromatic N) is 4. The van der Waals surface area contributed by atoms with Gasteiger partial charge in [0.1, 0.15) is 0 Å². The van der Waals surface area contributed by atoms with Crippen molar-refractivity contribution in [1.29, 1.82) is 5.26 Å². The van der Waals surface area contributed by atoms with Crippen molar-refractivity contribution in [3.8, 4) is 23.1 Å². The molecule has 1 heterocycles. The summed E-state index contributed by atoms with van der Waals surface area (Å²) in [6.07, 6.45) is -4.48. The fourth-order valence-corrected chi connectivity index (χ4v) is 3.38. The van der Waals surface area contributed by atoms with E-state index in [-0.39, 0.29) is 5.69 Å². The predicted octanol–water partition coefficient (Wildman–Crippen LogP) is 5.61. The van der Waals surface area contributed by atoms with Crippen LogP contribution in [-0.4, -0.2) is 20.0 Å². The second-order valence-corrected chi connectivity index (χ2v) is 7.27. The maximum absolute atomic E-state index is 13.2. The third-order valence-electron chi connectivity index (χ3n) is 3.64. The number of hydrogen-bond donors (Lipinski definition) is 0. The normalized spacial score (nSPS) is 12.6. The molecule has 1 atom stereocenters. The average Bonchev–Trinajstić information content (AvgIpc) is 3.04. The summed E-state index contributed by atoms with van der Waals surface area (Å²) >= 11 is 7.35. The van der Waals surface area contributed by atoms with Crippen LogP contribution >= 0.6 is 23.4 Å². The number of hydrogen-bond acceptors (Lipinski definition) is 4. The van der Waals surface area contributed by atoms with E-state index in [9.17, 15) is 13.2 Å². The van der Waals surface area contributed by atoms with Crippen LogP contribution in [0.4, 0.5) is 13.2 Å². The maximum Gasteiger partial charge on any atom is 0.416 e. The van der Waals surface area contributed by atoms with Gasteiger partial charge in [-0.1, -0.05) is 41.6 Å². The van der Waals surface area contributed by atoms with E-state index in [1.807, 2.05) is 0 Å². The Hall–Kier alpha value is -2.50. The summed E-state index contributed by atoms with van der Waals surface area (Å²) in [7, 11) is 0. The monoisotopic (exact) mass is 408 g/mol. The maximum atomic E-state index is 13.2. The van der Waals surface area contributed by atoms with Gasteiger partial charge < -0.3 is 0 Å². The number of rotatable bonds is 4. The van der Waals surface area contributed by atoms with E-state index in [2.05, 4.69) is 16.3 Å². The van der Waals surface area contributed by atoms with Gasteiger partial charge in [-0.15, -0.1) is 10.2 Å². The molecular weight excluding hydrogens is 397 g/mol. The Morgan fingerprint density at radius 3 is 2.56 bits per heavy atom. The van der Waals surface area contributed by atoms with Crippen LogP contribution in [0, 0.1) is 11.3 Å². The summed E-state index contributed by atoms with van der Waals surface area (Å²) in [5, 5.41) is 17.5. The van der Waals surface area contributed by atoms with Crippen LogP contribution in [0.3, 0.4) is 0 Å². The largest absolute Gasteiger partial charge is 0.416 e. The van der Waals surface area contributed by atoms with E-state index in [0.29, 0.717) is 21.6 Å². The third-order valence-corrected chi connectivity index (χ3v) is 4.91. The van der Waals surface area contributed by atoms with E-state index in [0.717, 1.165) is 23.9 Å². The number of nitriles is 1. The lowest BCUT2D eigenvalue weighted by Crippen LogP contribution is -2.07. The first-order valence-corrected chi connectivity index (χ1v) is 9.01. The van der Waals surface area contributed by atoms with Gasteiger partial charge in [-0.05, 0) is 37.3 Å². The smallest absolute Gasteiger partial charge is 0.270 e. The second kappa shape index (κ2) is 7.62. The number of alkyl halides is 3. The predicted molar refractivity (Wildman–Crippen MR) is 97.7 cm³/mol. The van der Waals surface area contributed by atoms with Gasteiger partial charge in [0.05, 0.1) is 27.6 Å². The van der Waals surface area contributed by atoms with E-state index < -0.39 is 17.0 Å². The van der Waals surface area contributed by atoms with Crippen molar-refractivity contribution in [3.05, 3.63) is 59.1 Å². The van der Waals surface area contributed by atoms with E-state index in [1.165, 1.54) is 16.7 Å². The van der Waals surface area contributed by atoms with E-state index in [4.69, 9.17) is 16.9 Å². The Morgan fingerprint density at radius 1 is 1.15 bits per heavy atom. The van der Waals surface area contributed by atoms with Crippen LogP contribution in [-0.2, 0) is 6.18 Å². The standard InChI is InChI=1S/C18H12ClF3N4S/c1-11(10-23)27-17-25-24-16(14-7-2-3-8-15(14)19)26(17)13-6-4-5-12(9-13)18(20,21)22/h2-9,11H,1H3/t11-/m0/s1. The van der Waals surface area contributed by atoms with Gasteiger partial charge in [-0.25, -0.2) is 0 Å². The molecule has 0 N–H and O–H groups in total. The molecule has 0 saturated heterocycles. The average molecular weight is 409 g/mol. The molecule has 27 heavy (non-hydrogen) atoms. The molecule has 3 rings (SSSR count). The van der Waals surface area contributed by atoms with Crippen molar-refractivity contribution in [2.24, 2.45) is 0 Å². The van der Waals surface area contributed by atoms with E-state index in [1.54, 1.807) is 31.2 Å². The topological polar surface area (TPSA) is 54.5 Å². The van der Waals surface area contributed by atoms with Gasteiger partial charge in [0.15, 0.2) is 11.0 Å². The van der Waals surface area contributed by atoms with Gasteiger partial charge in [0.25, 0.3) is 0 Å². The molecule has 0 aliphatic carbocycles. The molecule has 0 spiro atoms. The molecule has 0 saturated carbocycles. The summed E-state index contributed by atoms with van der Waals surface area (Å²) in [6.45, 7) is 1.67. The van der Waals surface area contributed by atoms with Crippen LogP contribution in [0.2, 0.25) is 5.02 Å². The summed E-state index contributed by atoms with van der Waals surface area (Å²) in [5.41, 5.74) is -0.0268. The first-order chi connectivity index (χ1) is 12.8. The lowest BCUT2D eigenvalue weighted by molar-refractivity contribution is -0.137. The molecule has 0 bridgehead atoms. The Morgan fingerprint density at radius 2 is 1.89 bits per heavy atom. The second-order valence-electron chi connectivity index (χ2n) is 5.56. The van der Waals surface area contributed by atoms with Crippen molar-refractivity contribution in [1.82, 2.24) is 14.8 Å². The lowest BCUT2D eigenvalue weighted by atomic mass is 10.1. The Balaban J connectivity index is 2.22. The Bertz CT molecular complexity index is 1010. The zero-order chi connectivity index (χ0) is 19.6. The van der Waals surface area contributed by atoms with Crippen molar-refractivity contribution in [2.75, 3.05) is 0 Å². The molecule has 4 nitrogen and oxygen atoms in total. The number of thioether (sulfide) groups is 1. The quantitative estimate of drug-likeness (QED) is 0.526. The highest BCUT2D eigenvalue weighted by molar-refractivity contribution is 8.00. The number of benzene rings is 2. The minimum Gasteiger partial charge on any atom is -0.270 e. The minimum absolute atomic E-state index is 0.234. The third kappa shape index (κ3) is 4.10. The summed E-state index contributed by atoms with van der Waals surface area (Å²) in [4.78, 5) is 0. The molecule has 2 aromatic carbocycles. The molecule has 1 aromatic heterocycles. The number of aromatic nitrogens is 3. The van der Waals surface area contributed by atoms with Gasteiger partial charge in [0, 0.05) is 5.56 Å². The van der Waals surface area contributed by atoms with E-state index >= 15 is 0 Å². The first-order valence-electron chi connectivity index (χ1n) is 7.75. The molecule has 0 radical (unpaired) electrons. The van der Waals surface area contributed by atoms with Crippen molar-refractivity contribution in [3.63, 3.8) is 0 Å². The minimum atomic E-state index is -4.48. The van der Waals surface area contributed by atoms with Crippen molar-refractivity contribution < 1.29 is 13.2 Å². The van der Waals surface area contributed by atoms with Gasteiger partial charge >= 0.3 is 6.18 Å². The zero-order valence-corrected chi connectivity index (χ0v) is 15.5. The Labute approximate surface area is 162 Å². The van der Waals surface area contributed by atoms with Gasteiger partial charge in [-0.2, -0.15) is 18.4 Å². The highest BCUT2D eigenvalue weighted by Crippen LogP contribution is 2.35. The van der Waals surface area contributed by atoms with Crippen LogP contribution in [0.5, 0.6) is 0 Å². The van der Waals surface area contributed by atoms with Crippen LogP contribution < -0.4 is 0 Å². The molecule has 0 aliphatic rings. The Kier molecular flexibility index (Phi) is 5.44. The summed E-state index contributed by atoms with van der Waals surface area (Å²) in [5.74, 6) is 0.299. The highest BCUT2D eigenvalue weighted by atomic mass is 35.5. The fourth-order valence-electron chi connectivity index (χ4n) is 2.40. The molecule has 0 amide bonds. The van der Waals surface area contributed by atoms with Crippen molar-refractivity contribution in [2.45, 2.75) is 23.5 Å². The highest BCUT2D eigenvalue weighted by Gasteiger charge is 2.31. The zero-order valence-electron chi connectivity index (χ0n) is 13.9. The van der Waals surface area contributed by atoms with Gasteiger partial charge in [0.2, 0.25) is 0 Å². The number of halogens is 4. The lowest BCUT2D eigenvalue weighted by Gasteiger charge is -2.14. The molecular formula is C18H12ClF3N4S. The molecule has 0 unspecified atom stereocenters. The van der Waals surface area contributed by atoms with Crippen LogP contribution in [0.25, 0.3) is 17.1 Å². The summed E-state index contributed by atoms with van der Waals surface area (Å²) in [6, 6.07) is 13.8.